The van der Waals surface area contributed by atoms with E-state index in [-0.39, 0.29) is 32.0 Å². The van der Waals surface area contributed by atoms with Crippen molar-refractivity contribution < 1.29 is 27.4 Å². The summed E-state index contributed by atoms with van der Waals surface area (Å²) in [6, 6.07) is 0. The van der Waals surface area contributed by atoms with Crippen molar-refractivity contribution in [3.63, 3.8) is 0 Å². The van der Waals surface area contributed by atoms with Gasteiger partial charge in [-0.2, -0.15) is 13.2 Å². The molecule has 0 aliphatic carbocycles. The van der Waals surface area contributed by atoms with Gasteiger partial charge in [-0.3, -0.25) is 4.79 Å². The summed E-state index contributed by atoms with van der Waals surface area (Å²) >= 11 is 0. The van der Waals surface area contributed by atoms with Gasteiger partial charge in [-0.25, -0.2) is 0 Å². The fraction of sp³-hybridized carbons (Fsp3) is 0.786. The summed E-state index contributed by atoms with van der Waals surface area (Å²) in [5.41, 5.74) is 0.606. The summed E-state index contributed by atoms with van der Waals surface area (Å²) in [5.74, 6) is 0.460. The smallest absolute Gasteiger partial charge is 0.414 e. The molecule has 0 saturated carbocycles. The van der Waals surface area contributed by atoms with Crippen molar-refractivity contribution in [2.24, 2.45) is 0 Å². The van der Waals surface area contributed by atoms with Crippen molar-refractivity contribution in [1.82, 2.24) is 4.90 Å². The number of amides is 1. The third kappa shape index (κ3) is 3.90. The normalized spacial score (nSPS) is 24.6. The second-order valence-electron chi connectivity index (χ2n) is 5.19. The van der Waals surface area contributed by atoms with Crippen molar-refractivity contribution in [3.8, 4) is 0 Å². The summed E-state index contributed by atoms with van der Waals surface area (Å²) < 4.78 is 48.3. The van der Waals surface area contributed by atoms with Gasteiger partial charge < -0.3 is 14.4 Å². The molecule has 2 rings (SSSR count). The average Bonchev–Trinajstić information content (AvgIpc) is 2.72. The van der Waals surface area contributed by atoms with Crippen molar-refractivity contribution in [2.75, 3.05) is 26.3 Å². The van der Waals surface area contributed by atoms with Gasteiger partial charge in [-0.1, -0.05) is 6.92 Å². The molecule has 0 N–H and O–H groups in total. The zero-order valence-electron chi connectivity index (χ0n) is 12.0. The van der Waals surface area contributed by atoms with E-state index in [0.717, 1.165) is 6.42 Å². The van der Waals surface area contributed by atoms with Crippen LogP contribution in [0.5, 0.6) is 0 Å². The van der Waals surface area contributed by atoms with Crippen LogP contribution < -0.4 is 0 Å². The van der Waals surface area contributed by atoms with Gasteiger partial charge >= 0.3 is 6.18 Å². The van der Waals surface area contributed by atoms with Crippen LogP contribution >= 0.6 is 0 Å². The summed E-state index contributed by atoms with van der Waals surface area (Å²) in [7, 11) is 0. The highest BCUT2D eigenvalue weighted by Gasteiger charge is 2.42. The number of hydrogen-bond acceptors (Lipinski definition) is 3. The predicted molar refractivity (Wildman–Crippen MR) is 69.5 cm³/mol. The molecular formula is C14H20F3NO3. The summed E-state index contributed by atoms with van der Waals surface area (Å²) in [6.07, 6.45) is -4.36. The van der Waals surface area contributed by atoms with E-state index in [4.69, 9.17) is 9.47 Å². The van der Waals surface area contributed by atoms with Gasteiger partial charge in [0.1, 0.15) is 5.76 Å². The van der Waals surface area contributed by atoms with Crippen LogP contribution in [0.4, 0.5) is 13.2 Å². The molecule has 0 aromatic heterocycles. The molecule has 2 heterocycles. The molecule has 0 spiro atoms. The van der Waals surface area contributed by atoms with Gasteiger partial charge in [0.2, 0.25) is 0 Å². The van der Waals surface area contributed by atoms with Gasteiger partial charge in [0.25, 0.3) is 5.91 Å². The molecule has 0 aromatic rings. The zero-order chi connectivity index (χ0) is 15.5. The maximum Gasteiger partial charge on any atom is 0.414 e. The van der Waals surface area contributed by atoms with E-state index in [1.54, 1.807) is 0 Å². The zero-order valence-corrected chi connectivity index (χ0v) is 12.0. The Labute approximate surface area is 121 Å². The lowest BCUT2D eigenvalue weighted by molar-refractivity contribution is -0.218. The molecule has 1 atom stereocenters. The van der Waals surface area contributed by atoms with Crippen LogP contribution in [0, 0.1) is 0 Å². The maximum absolute atomic E-state index is 12.7. The minimum Gasteiger partial charge on any atom is -0.497 e. The molecule has 1 unspecified atom stereocenters. The first-order chi connectivity index (χ1) is 9.93. The molecule has 2 aliphatic rings. The van der Waals surface area contributed by atoms with Gasteiger partial charge in [0.15, 0.2) is 6.10 Å². The Morgan fingerprint density at radius 3 is 2.76 bits per heavy atom. The van der Waals surface area contributed by atoms with E-state index in [9.17, 15) is 18.0 Å². The average molecular weight is 307 g/mol. The lowest BCUT2D eigenvalue weighted by Crippen LogP contribution is -2.36. The Bertz CT molecular complexity index is 420. The molecule has 2 aliphatic heterocycles. The predicted octanol–water partition coefficient (Wildman–Crippen LogP) is 2.64. The van der Waals surface area contributed by atoms with Crippen LogP contribution in [0.1, 0.15) is 32.6 Å². The van der Waals surface area contributed by atoms with Crippen LogP contribution in [-0.4, -0.2) is 49.4 Å². The first-order valence-corrected chi connectivity index (χ1v) is 7.26. The number of hydrogen-bond donors (Lipinski definition) is 0. The standard InChI is InChI=1S/C14H20F3NO3/c1-2-11-10(4-3-8-20-11)13(19)18-6-5-12(14(15,16)17)21-9-7-18/h12H,2-9H2,1H3. The SMILES string of the molecule is CCC1=C(C(=O)N2CCOC(C(F)(F)F)CC2)CCCO1. The highest BCUT2D eigenvalue weighted by molar-refractivity contribution is 5.94. The molecule has 0 bridgehead atoms. The van der Waals surface area contributed by atoms with Crippen LogP contribution in [0.3, 0.4) is 0 Å². The molecule has 120 valence electrons. The molecule has 1 fully saturated rings. The van der Waals surface area contributed by atoms with Crippen molar-refractivity contribution >= 4 is 5.91 Å². The Kier molecular flexibility index (Phi) is 5.13. The van der Waals surface area contributed by atoms with Gasteiger partial charge in [0.05, 0.1) is 18.8 Å². The van der Waals surface area contributed by atoms with Gasteiger partial charge in [-0.05, 0) is 12.8 Å². The molecule has 0 aromatic carbocycles. The van der Waals surface area contributed by atoms with Crippen molar-refractivity contribution in [3.05, 3.63) is 11.3 Å². The van der Waals surface area contributed by atoms with Crippen molar-refractivity contribution in [1.29, 1.82) is 0 Å². The number of carbonyl (C=O) groups is 1. The second kappa shape index (κ2) is 6.68. The number of carbonyl (C=O) groups excluding carboxylic acids is 1. The molecule has 4 nitrogen and oxygen atoms in total. The largest absolute Gasteiger partial charge is 0.497 e. The molecule has 1 saturated heterocycles. The lowest BCUT2D eigenvalue weighted by Gasteiger charge is -2.26. The summed E-state index contributed by atoms with van der Waals surface area (Å²) in [5, 5.41) is 0. The number of allylic oxidation sites excluding steroid dienone is 1. The Balaban J connectivity index is 2.05. The monoisotopic (exact) mass is 307 g/mol. The van der Waals surface area contributed by atoms with Crippen molar-refractivity contribution in [2.45, 2.75) is 44.9 Å². The summed E-state index contributed by atoms with van der Waals surface area (Å²) in [4.78, 5) is 13.9. The Hall–Kier alpha value is -1.24. The second-order valence-corrected chi connectivity index (χ2v) is 5.19. The molecule has 0 radical (unpaired) electrons. The van der Waals surface area contributed by atoms with E-state index < -0.39 is 12.3 Å². The minimum atomic E-state index is -4.37. The van der Waals surface area contributed by atoms with Crippen LogP contribution in [0.25, 0.3) is 0 Å². The molecule has 1 amide bonds. The number of halogens is 3. The van der Waals surface area contributed by atoms with E-state index in [0.29, 0.717) is 30.8 Å². The number of nitrogens with zero attached hydrogens (tertiary/aromatic N) is 1. The minimum absolute atomic E-state index is 0.0590. The highest BCUT2D eigenvalue weighted by Crippen LogP contribution is 2.28. The van der Waals surface area contributed by atoms with Gasteiger partial charge in [0, 0.05) is 25.9 Å². The number of alkyl halides is 3. The van der Waals surface area contributed by atoms with E-state index in [1.807, 2.05) is 6.92 Å². The first kappa shape index (κ1) is 16.1. The number of rotatable bonds is 2. The third-order valence-electron chi connectivity index (χ3n) is 3.76. The summed E-state index contributed by atoms with van der Waals surface area (Å²) in [6.45, 7) is 2.65. The van der Waals surface area contributed by atoms with E-state index >= 15 is 0 Å². The van der Waals surface area contributed by atoms with E-state index in [2.05, 4.69) is 0 Å². The molecule has 21 heavy (non-hydrogen) atoms. The Morgan fingerprint density at radius 1 is 1.33 bits per heavy atom. The third-order valence-corrected chi connectivity index (χ3v) is 3.76. The highest BCUT2D eigenvalue weighted by atomic mass is 19.4. The fourth-order valence-electron chi connectivity index (χ4n) is 2.64. The van der Waals surface area contributed by atoms with Gasteiger partial charge in [-0.15, -0.1) is 0 Å². The lowest BCUT2D eigenvalue weighted by atomic mass is 10.0. The fourth-order valence-corrected chi connectivity index (χ4v) is 2.64. The molecular weight excluding hydrogens is 287 g/mol. The van der Waals surface area contributed by atoms with Crippen LogP contribution in [0.2, 0.25) is 0 Å². The van der Waals surface area contributed by atoms with Crippen LogP contribution in [0.15, 0.2) is 11.3 Å². The van der Waals surface area contributed by atoms with E-state index in [1.165, 1.54) is 4.90 Å². The Morgan fingerprint density at radius 2 is 2.10 bits per heavy atom. The first-order valence-electron chi connectivity index (χ1n) is 7.26. The quantitative estimate of drug-likeness (QED) is 0.787. The topological polar surface area (TPSA) is 38.8 Å². The number of ether oxygens (including phenoxy) is 2. The maximum atomic E-state index is 12.7. The van der Waals surface area contributed by atoms with Crippen LogP contribution in [-0.2, 0) is 14.3 Å². The molecule has 7 heteroatoms.